The topological polar surface area (TPSA) is 79.8 Å². The van der Waals surface area contributed by atoms with Gasteiger partial charge in [0.1, 0.15) is 17.5 Å². The Labute approximate surface area is 221 Å². The van der Waals surface area contributed by atoms with Crippen molar-refractivity contribution in [3.8, 4) is 11.5 Å². The average Bonchev–Trinajstić information content (AvgIpc) is 2.87. The molecule has 0 aromatic heterocycles. The summed E-state index contributed by atoms with van der Waals surface area (Å²) >= 11 is 7.37. The molecule has 6 nitrogen and oxygen atoms in total. The number of hydrogen-bond donors (Lipinski definition) is 2. The van der Waals surface area contributed by atoms with Crippen LogP contribution in [0.3, 0.4) is 0 Å². The lowest BCUT2D eigenvalue weighted by Crippen LogP contribution is -2.45. The second-order valence-electron chi connectivity index (χ2n) is 7.75. The first kappa shape index (κ1) is 28.1. The smallest absolute Gasteiger partial charge is 0.416 e. The van der Waals surface area contributed by atoms with E-state index < -0.39 is 29.6 Å². The number of alkyl halides is 3. The molecule has 1 atom stereocenters. The number of amides is 2. The molecule has 1 unspecified atom stereocenters. The fourth-order valence-electron chi connectivity index (χ4n) is 3.10. The number of carbonyl (C=O) groups excluding carboxylic acids is 2. The Kier molecular flexibility index (Phi) is 9.99. The Bertz CT molecular complexity index is 1240. The van der Waals surface area contributed by atoms with Gasteiger partial charge in [-0.15, -0.1) is 0 Å². The first-order valence-electron chi connectivity index (χ1n) is 11.0. The van der Waals surface area contributed by atoms with Crippen LogP contribution in [0.25, 0.3) is 0 Å². The predicted octanol–water partition coefficient (Wildman–Crippen LogP) is 6.15. The molecule has 194 valence electrons. The Hall–Kier alpha value is -3.50. The van der Waals surface area contributed by atoms with Crippen LogP contribution >= 0.6 is 23.4 Å². The highest BCUT2D eigenvalue weighted by molar-refractivity contribution is 7.98. The Morgan fingerprint density at radius 1 is 1.05 bits per heavy atom. The van der Waals surface area contributed by atoms with E-state index in [9.17, 15) is 22.8 Å². The van der Waals surface area contributed by atoms with Crippen molar-refractivity contribution in [2.75, 3.05) is 12.0 Å². The van der Waals surface area contributed by atoms with E-state index in [1.807, 2.05) is 6.26 Å². The molecule has 2 amide bonds. The number of nitrogens with zero attached hydrogens (tertiary/aromatic N) is 1. The van der Waals surface area contributed by atoms with Crippen molar-refractivity contribution in [3.63, 3.8) is 0 Å². The standard InChI is InChI=1S/C26H23ClF3N3O3S/c1-37-14-13-23(32-24(34)18-5-7-19(8-6-18)26(28,29)30)25(35)33-31-16-17-3-2-4-22(15-17)36-21-11-9-20(27)10-12-21/h2-12,15-16,23H,13-14H2,1H3,(H,32,34)(H,33,35). The normalized spacial score (nSPS) is 12.2. The Morgan fingerprint density at radius 2 is 1.76 bits per heavy atom. The summed E-state index contributed by atoms with van der Waals surface area (Å²) in [6.45, 7) is 0. The molecule has 37 heavy (non-hydrogen) atoms. The summed E-state index contributed by atoms with van der Waals surface area (Å²) in [5.41, 5.74) is 2.20. The number of carbonyl (C=O) groups is 2. The van der Waals surface area contributed by atoms with Gasteiger partial charge in [0, 0.05) is 10.6 Å². The minimum absolute atomic E-state index is 0.0101. The van der Waals surface area contributed by atoms with Crippen LogP contribution in [0, 0.1) is 0 Å². The first-order valence-corrected chi connectivity index (χ1v) is 12.8. The van der Waals surface area contributed by atoms with E-state index >= 15 is 0 Å². The SMILES string of the molecule is CSCCC(NC(=O)c1ccc(C(F)(F)F)cc1)C(=O)NN=Cc1cccc(Oc2ccc(Cl)cc2)c1. The lowest BCUT2D eigenvalue weighted by atomic mass is 10.1. The van der Waals surface area contributed by atoms with Crippen LogP contribution in [-0.4, -0.2) is 36.1 Å². The van der Waals surface area contributed by atoms with E-state index in [0.29, 0.717) is 34.3 Å². The van der Waals surface area contributed by atoms with Gasteiger partial charge >= 0.3 is 6.18 Å². The van der Waals surface area contributed by atoms with Crippen LogP contribution in [0.4, 0.5) is 13.2 Å². The van der Waals surface area contributed by atoms with Crippen molar-refractivity contribution in [1.29, 1.82) is 0 Å². The number of ether oxygens (including phenoxy) is 1. The fraction of sp³-hybridized carbons (Fsp3) is 0.192. The van der Waals surface area contributed by atoms with Crippen molar-refractivity contribution in [1.82, 2.24) is 10.7 Å². The van der Waals surface area contributed by atoms with Crippen LogP contribution in [0.15, 0.2) is 77.9 Å². The largest absolute Gasteiger partial charge is 0.457 e. The maximum Gasteiger partial charge on any atom is 0.416 e. The molecule has 3 aromatic rings. The summed E-state index contributed by atoms with van der Waals surface area (Å²) in [6.07, 6.45) is -0.922. The molecule has 0 saturated heterocycles. The molecule has 2 N–H and O–H groups in total. The summed E-state index contributed by atoms with van der Waals surface area (Å²) in [5, 5.41) is 7.13. The van der Waals surface area contributed by atoms with Crippen molar-refractivity contribution in [2.45, 2.75) is 18.6 Å². The molecule has 3 aromatic carbocycles. The molecule has 3 rings (SSSR count). The minimum atomic E-state index is -4.50. The molecule has 0 aliphatic rings. The number of halogens is 4. The van der Waals surface area contributed by atoms with Gasteiger partial charge in [0.15, 0.2) is 0 Å². The van der Waals surface area contributed by atoms with Crippen LogP contribution in [0.5, 0.6) is 11.5 Å². The van der Waals surface area contributed by atoms with E-state index in [4.69, 9.17) is 16.3 Å². The molecule has 0 saturated carbocycles. The van der Waals surface area contributed by atoms with Gasteiger partial charge in [-0.25, -0.2) is 5.43 Å². The summed E-state index contributed by atoms with van der Waals surface area (Å²) < 4.78 is 44.1. The molecular weight excluding hydrogens is 527 g/mol. The molecule has 0 radical (unpaired) electrons. The minimum Gasteiger partial charge on any atom is -0.457 e. The zero-order chi connectivity index (χ0) is 26.8. The van der Waals surface area contributed by atoms with Gasteiger partial charge in [0.2, 0.25) is 0 Å². The van der Waals surface area contributed by atoms with Crippen molar-refractivity contribution >= 4 is 41.4 Å². The Balaban J connectivity index is 1.61. The van der Waals surface area contributed by atoms with E-state index in [1.54, 1.807) is 48.5 Å². The van der Waals surface area contributed by atoms with Gasteiger partial charge < -0.3 is 10.1 Å². The summed E-state index contributed by atoms with van der Waals surface area (Å²) in [4.78, 5) is 25.2. The van der Waals surface area contributed by atoms with Gasteiger partial charge in [0.25, 0.3) is 11.8 Å². The second-order valence-corrected chi connectivity index (χ2v) is 9.17. The van der Waals surface area contributed by atoms with E-state index in [1.165, 1.54) is 18.0 Å². The van der Waals surface area contributed by atoms with E-state index in [2.05, 4.69) is 15.8 Å². The average molecular weight is 550 g/mol. The highest BCUT2D eigenvalue weighted by Crippen LogP contribution is 2.29. The zero-order valence-corrected chi connectivity index (χ0v) is 21.2. The third kappa shape index (κ3) is 8.83. The molecule has 0 aliphatic heterocycles. The van der Waals surface area contributed by atoms with Crippen molar-refractivity contribution in [2.24, 2.45) is 5.10 Å². The number of nitrogens with one attached hydrogen (secondary N) is 2. The molecule has 0 aliphatic carbocycles. The molecule has 0 bridgehead atoms. The summed E-state index contributed by atoms with van der Waals surface area (Å²) in [6, 6.07) is 16.7. The highest BCUT2D eigenvalue weighted by atomic mass is 35.5. The highest BCUT2D eigenvalue weighted by Gasteiger charge is 2.30. The quantitative estimate of drug-likeness (QED) is 0.235. The maximum absolute atomic E-state index is 12.8. The van der Waals surface area contributed by atoms with Crippen molar-refractivity contribution in [3.05, 3.63) is 94.5 Å². The van der Waals surface area contributed by atoms with E-state index in [-0.39, 0.29) is 5.56 Å². The zero-order valence-electron chi connectivity index (χ0n) is 19.6. The molecule has 0 fully saturated rings. The third-order valence-electron chi connectivity index (χ3n) is 5.00. The number of rotatable bonds is 10. The first-order chi connectivity index (χ1) is 17.7. The molecule has 11 heteroatoms. The Morgan fingerprint density at radius 3 is 2.41 bits per heavy atom. The van der Waals surface area contributed by atoms with Gasteiger partial charge in [-0.2, -0.15) is 30.0 Å². The predicted molar refractivity (Wildman–Crippen MR) is 139 cm³/mol. The number of hydrogen-bond acceptors (Lipinski definition) is 5. The van der Waals surface area contributed by atoms with Gasteiger partial charge in [-0.3, -0.25) is 9.59 Å². The monoisotopic (exact) mass is 549 g/mol. The summed E-state index contributed by atoms with van der Waals surface area (Å²) in [5.74, 6) is 0.510. The number of benzene rings is 3. The lowest BCUT2D eigenvalue weighted by molar-refractivity contribution is -0.137. The fourth-order valence-corrected chi connectivity index (χ4v) is 3.70. The van der Waals surface area contributed by atoms with Crippen molar-refractivity contribution < 1.29 is 27.5 Å². The number of thioether (sulfide) groups is 1. The van der Waals surface area contributed by atoms with Crippen LogP contribution in [-0.2, 0) is 11.0 Å². The van der Waals surface area contributed by atoms with Crippen LogP contribution < -0.4 is 15.5 Å². The summed E-state index contributed by atoms with van der Waals surface area (Å²) in [7, 11) is 0. The van der Waals surface area contributed by atoms with Crippen LogP contribution in [0.2, 0.25) is 5.02 Å². The van der Waals surface area contributed by atoms with Gasteiger partial charge in [-0.1, -0.05) is 23.7 Å². The third-order valence-corrected chi connectivity index (χ3v) is 5.90. The molecular formula is C26H23ClF3N3O3S. The second kappa shape index (κ2) is 13.2. The maximum atomic E-state index is 12.8. The molecule has 0 heterocycles. The van der Waals surface area contributed by atoms with E-state index in [0.717, 1.165) is 24.3 Å². The van der Waals surface area contributed by atoms with Gasteiger partial charge in [0.05, 0.1) is 11.8 Å². The van der Waals surface area contributed by atoms with Crippen LogP contribution in [0.1, 0.15) is 27.9 Å². The molecule has 0 spiro atoms. The van der Waals surface area contributed by atoms with Gasteiger partial charge in [-0.05, 0) is 84.7 Å². The number of hydrazone groups is 1. The lowest BCUT2D eigenvalue weighted by Gasteiger charge is -2.17.